The highest BCUT2D eigenvalue weighted by molar-refractivity contribution is 5.95. The molecule has 172 valence electrons. The van der Waals surface area contributed by atoms with Crippen molar-refractivity contribution < 1.29 is 14.3 Å². The van der Waals surface area contributed by atoms with Crippen molar-refractivity contribution >= 4 is 5.91 Å². The minimum atomic E-state index is -0.0969. The lowest BCUT2D eigenvalue weighted by Gasteiger charge is -2.26. The van der Waals surface area contributed by atoms with Gasteiger partial charge in [0, 0.05) is 43.9 Å². The lowest BCUT2D eigenvalue weighted by Crippen LogP contribution is -2.41. The number of benzene rings is 1. The third kappa shape index (κ3) is 4.89. The number of morpholine rings is 1. The van der Waals surface area contributed by atoms with E-state index in [1.807, 2.05) is 30.3 Å². The van der Waals surface area contributed by atoms with Crippen LogP contribution < -0.4 is 10.1 Å². The van der Waals surface area contributed by atoms with Crippen LogP contribution in [0.4, 0.5) is 0 Å². The van der Waals surface area contributed by atoms with E-state index in [1.165, 1.54) is 0 Å². The molecule has 0 radical (unpaired) electrons. The van der Waals surface area contributed by atoms with Crippen LogP contribution in [0.25, 0.3) is 17.2 Å². The smallest absolute Gasteiger partial charge is 0.254 e. The van der Waals surface area contributed by atoms with E-state index < -0.39 is 0 Å². The van der Waals surface area contributed by atoms with E-state index in [2.05, 4.69) is 20.3 Å². The zero-order chi connectivity index (χ0) is 22.6. The molecule has 2 aliphatic rings. The van der Waals surface area contributed by atoms with E-state index in [1.54, 1.807) is 24.2 Å². The molecule has 9 heteroatoms. The first kappa shape index (κ1) is 21.5. The summed E-state index contributed by atoms with van der Waals surface area (Å²) in [5.74, 6) is 1.43. The number of aromatic nitrogens is 4. The van der Waals surface area contributed by atoms with Crippen molar-refractivity contribution in [2.45, 2.75) is 18.8 Å². The maximum Gasteiger partial charge on any atom is 0.254 e. The first-order valence-electron chi connectivity index (χ1n) is 11.4. The second kappa shape index (κ2) is 9.68. The van der Waals surface area contributed by atoms with Crippen LogP contribution in [-0.2, 0) is 4.74 Å². The summed E-state index contributed by atoms with van der Waals surface area (Å²) in [5, 5.41) is 7.57. The maximum absolute atomic E-state index is 13.0. The van der Waals surface area contributed by atoms with Crippen LogP contribution in [0, 0.1) is 0 Å². The van der Waals surface area contributed by atoms with Crippen LogP contribution in [0.15, 0.2) is 42.7 Å². The Bertz CT molecular complexity index is 1120. The van der Waals surface area contributed by atoms with Gasteiger partial charge in [-0.25, -0.2) is 14.6 Å². The van der Waals surface area contributed by atoms with Gasteiger partial charge in [0.2, 0.25) is 0 Å². The van der Waals surface area contributed by atoms with Gasteiger partial charge < -0.3 is 14.8 Å². The predicted molar refractivity (Wildman–Crippen MR) is 123 cm³/mol. The van der Waals surface area contributed by atoms with E-state index >= 15 is 0 Å². The SMILES string of the molecule is COc1cccc(-c2ccnc(-n3ncc(C(=O)NCCN4CCOCC4)c3C3CC3)n2)c1. The standard InChI is InChI=1S/C24H28N6O3/c1-32-19-4-2-3-18(15-19)21-7-8-26-24(28-21)30-22(17-5-6-17)20(16-27-30)23(31)25-9-10-29-11-13-33-14-12-29/h2-4,7-8,15-17H,5-6,9-14H2,1H3,(H,25,31). The Balaban J connectivity index is 1.35. The minimum Gasteiger partial charge on any atom is -0.497 e. The van der Waals surface area contributed by atoms with Crippen LogP contribution in [0.2, 0.25) is 0 Å². The number of rotatable bonds is 8. The average molecular weight is 449 g/mol. The van der Waals surface area contributed by atoms with Gasteiger partial charge in [-0.1, -0.05) is 12.1 Å². The molecule has 9 nitrogen and oxygen atoms in total. The summed E-state index contributed by atoms with van der Waals surface area (Å²) in [6.45, 7) is 4.72. The van der Waals surface area contributed by atoms with Crippen molar-refractivity contribution in [2.75, 3.05) is 46.5 Å². The number of nitrogens with one attached hydrogen (secondary N) is 1. The van der Waals surface area contributed by atoms with Crippen LogP contribution in [0.5, 0.6) is 5.75 Å². The average Bonchev–Trinajstić information content (AvgIpc) is 3.62. The first-order valence-corrected chi connectivity index (χ1v) is 11.4. The number of hydrogen-bond donors (Lipinski definition) is 1. The molecule has 1 aliphatic heterocycles. The van der Waals surface area contributed by atoms with Gasteiger partial charge in [0.05, 0.1) is 43.5 Å². The fourth-order valence-corrected chi connectivity index (χ4v) is 4.08. The molecule has 1 saturated carbocycles. The Labute approximate surface area is 192 Å². The van der Waals surface area contributed by atoms with Gasteiger partial charge >= 0.3 is 0 Å². The highest BCUT2D eigenvalue weighted by Gasteiger charge is 2.33. The lowest BCUT2D eigenvalue weighted by atomic mass is 10.1. The second-order valence-electron chi connectivity index (χ2n) is 8.31. The van der Waals surface area contributed by atoms with Crippen LogP contribution in [-0.4, -0.2) is 77.1 Å². The predicted octanol–water partition coefficient (Wildman–Crippen LogP) is 2.28. The number of nitrogens with zero attached hydrogens (tertiary/aromatic N) is 5. The molecular formula is C24H28N6O3. The van der Waals surface area contributed by atoms with Gasteiger partial charge in [-0.3, -0.25) is 9.69 Å². The van der Waals surface area contributed by atoms with Gasteiger partial charge in [-0.2, -0.15) is 5.10 Å². The number of methoxy groups -OCH3 is 1. The van der Waals surface area contributed by atoms with E-state index in [0.29, 0.717) is 24.0 Å². The summed E-state index contributed by atoms with van der Waals surface area (Å²) in [7, 11) is 1.64. The fraction of sp³-hybridized carbons (Fsp3) is 0.417. The molecule has 3 aromatic rings. The Morgan fingerprint density at radius 1 is 1.24 bits per heavy atom. The molecule has 2 aromatic heterocycles. The van der Waals surface area contributed by atoms with E-state index in [4.69, 9.17) is 14.5 Å². The van der Waals surface area contributed by atoms with Gasteiger partial charge in [0.25, 0.3) is 11.9 Å². The number of ether oxygens (including phenoxy) is 2. The zero-order valence-electron chi connectivity index (χ0n) is 18.7. The van der Waals surface area contributed by atoms with Gasteiger partial charge in [0.15, 0.2) is 0 Å². The van der Waals surface area contributed by atoms with Crippen LogP contribution in [0.3, 0.4) is 0 Å². The molecule has 0 spiro atoms. The summed E-state index contributed by atoms with van der Waals surface area (Å²) in [4.78, 5) is 24.5. The molecule has 5 rings (SSSR count). The summed E-state index contributed by atoms with van der Waals surface area (Å²) in [5.41, 5.74) is 3.20. The third-order valence-electron chi connectivity index (χ3n) is 6.03. The number of amides is 1. The zero-order valence-corrected chi connectivity index (χ0v) is 18.7. The number of hydrogen-bond acceptors (Lipinski definition) is 7. The Hall–Kier alpha value is -3.30. The summed E-state index contributed by atoms with van der Waals surface area (Å²) in [6, 6.07) is 9.60. The maximum atomic E-state index is 13.0. The van der Waals surface area contributed by atoms with E-state index in [0.717, 1.165) is 68.4 Å². The van der Waals surface area contributed by atoms with Crippen molar-refractivity contribution in [2.24, 2.45) is 0 Å². The van der Waals surface area contributed by atoms with Crippen molar-refractivity contribution in [3.63, 3.8) is 0 Å². The van der Waals surface area contributed by atoms with Crippen LogP contribution >= 0.6 is 0 Å². The van der Waals surface area contributed by atoms with Crippen LogP contribution in [0.1, 0.15) is 34.8 Å². The highest BCUT2D eigenvalue weighted by Crippen LogP contribution is 2.42. The Kier molecular flexibility index (Phi) is 6.32. The lowest BCUT2D eigenvalue weighted by molar-refractivity contribution is 0.0383. The molecule has 2 fully saturated rings. The second-order valence-corrected chi connectivity index (χ2v) is 8.31. The molecule has 0 atom stereocenters. The van der Waals surface area contributed by atoms with Gasteiger partial charge in [-0.15, -0.1) is 0 Å². The third-order valence-corrected chi connectivity index (χ3v) is 6.03. The number of carbonyl (C=O) groups excluding carboxylic acids is 1. The minimum absolute atomic E-state index is 0.0969. The monoisotopic (exact) mass is 448 g/mol. The quantitative estimate of drug-likeness (QED) is 0.565. The van der Waals surface area contributed by atoms with E-state index in [-0.39, 0.29) is 5.91 Å². The molecule has 1 amide bonds. The van der Waals surface area contributed by atoms with Crippen molar-refractivity contribution in [1.82, 2.24) is 30.0 Å². The number of carbonyl (C=O) groups is 1. The highest BCUT2D eigenvalue weighted by atomic mass is 16.5. The van der Waals surface area contributed by atoms with E-state index in [9.17, 15) is 4.79 Å². The Morgan fingerprint density at radius 2 is 2.09 bits per heavy atom. The van der Waals surface area contributed by atoms with Gasteiger partial charge in [0.1, 0.15) is 5.75 Å². The summed E-state index contributed by atoms with van der Waals surface area (Å²) >= 11 is 0. The largest absolute Gasteiger partial charge is 0.497 e. The molecule has 3 heterocycles. The molecule has 1 saturated heterocycles. The van der Waals surface area contributed by atoms with Crippen molar-refractivity contribution in [3.05, 3.63) is 54.0 Å². The fourth-order valence-electron chi connectivity index (χ4n) is 4.08. The first-order chi connectivity index (χ1) is 16.2. The summed E-state index contributed by atoms with van der Waals surface area (Å²) in [6.07, 6.45) is 5.43. The van der Waals surface area contributed by atoms with Crippen molar-refractivity contribution in [3.8, 4) is 23.0 Å². The topological polar surface area (TPSA) is 94.4 Å². The van der Waals surface area contributed by atoms with Gasteiger partial charge in [-0.05, 0) is 31.0 Å². The molecule has 1 N–H and O–H groups in total. The summed E-state index contributed by atoms with van der Waals surface area (Å²) < 4.78 is 12.4. The molecule has 33 heavy (non-hydrogen) atoms. The Morgan fingerprint density at radius 3 is 2.88 bits per heavy atom. The normalized spacial score (nSPS) is 16.5. The van der Waals surface area contributed by atoms with Crippen molar-refractivity contribution in [1.29, 1.82) is 0 Å². The molecule has 0 bridgehead atoms. The molecule has 1 aliphatic carbocycles. The molecule has 1 aromatic carbocycles. The molecular weight excluding hydrogens is 420 g/mol. The molecule has 0 unspecified atom stereocenters.